The molecule has 4 nitrogen and oxygen atoms in total. The average Bonchev–Trinajstić information content (AvgIpc) is 2.15. The van der Waals surface area contributed by atoms with Gasteiger partial charge in [0.1, 0.15) is 0 Å². The van der Waals surface area contributed by atoms with E-state index in [4.69, 9.17) is 10.8 Å². The van der Waals surface area contributed by atoms with Crippen LogP contribution in [0, 0.1) is 3.57 Å². The van der Waals surface area contributed by atoms with Crippen LogP contribution >= 0.6 is 22.6 Å². The predicted molar refractivity (Wildman–Crippen MR) is 56.8 cm³/mol. The lowest BCUT2D eigenvalue weighted by Crippen LogP contribution is -2.11. The number of rotatable bonds is 3. The quantitative estimate of drug-likeness (QED) is 0.830. The Morgan fingerprint density at radius 2 is 2.27 bits per heavy atom. The minimum atomic E-state index is -2.78. The number of nitrogens with zero attached hydrogens (tertiary/aromatic N) is 1. The molecular formula is C8H7F2IN2O2. The summed E-state index contributed by atoms with van der Waals surface area (Å²) in [6, 6.07) is 0. The number of nitrogens with two attached hydrogens (primary N) is 1. The highest BCUT2D eigenvalue weighted by atomic mass is 127. The molecule has 1 rings (SSSR count). The van der Waals surface area contributed by atoms with Crippen LogP contribution in [0.5, 0.6) is 0 Å². The molecule has 0 spiro atoms. The van der Waals surface area contributed by atoms with Gasteiger partial charge in [-0.1, -0.05) is 0 Å². The summed E-state index contributed by atoms with van der Waals surface area (Å²) < 4.78 is 25.2. The van der Waals surface area contributed by atoms with Crippen LogP contribution in [0.25, 0.3) is 0 Å². The number of aromatic nitrogens is 1. The van der Waals surface area contributed by atoms with Crippen LogP contribution in [0.2, 0.25) is 0 Å². The number of hydrogen-bond acceptors (Lipinski definition) is 3. The predicted octanol–water partition coefficient (Wildman–Crippen LogP) is 1.78. The molecule has 0 unspecified atom stereocenters. The molecule has 0 atom stereocenters. The number of pyridine rings is 1. The molecule has 15 heavy (non-hydrogen) atoms. The first-order valence-corrected chi connectivity index (χ1v) is 4.95. The Labute approximate surface area is 97.6 Å². The number of carboxylic acids is 1. The van der Waals surface area contributed by atoms with Gasteiger partial charge in [-0.3, -0.25) is 4.98 Å². The molecule has 0 aliphatic carbocycles. The van der Waals surface area contributed by atoms with Crippen molar-refractivity contribution in [2.45, 2.75) is 13.0 Å². The number of carboxylic acid groups (broad SMARTS) is 1. The van der Waals surface area contributed by atoms with Gasteiger partial charge >= 0.3 is 5.97 Å². The first kappa shape index (κ1) is 12.2. The Balaban J connectivity index is 3.42. The highest BCUT2D eigenvalue weighted by Crippen LogP contribution is 2.28. The lowest BCUT2D eigenvalue weighted by molar-refractivity contribution is 0.0694. The molecular weight excluding hydrogens is 321 g/mol. The maximum absolute atomic E-state index is 12.6. The summed E-state index contributed by atoms with van der Waals surface area (Å²) in [7, 11) is 0. The van der Waals surface area contributed by atoms with E-state index in [1.54, 1.807) is 22.6 Å². The molecule has 0 saturated carbocycles. The van der Waals surface area contributed by atoms with Crippen molar-refractivity contribution < 1.29 is 18.7 Å². The van der Waals surface area contributed by atoms with Gasteiger partial charge in [0.2, 0.25) is 0 Å². The van der Waals surface area contributed by atoms with E-state index >= 15 is 0 Å². The number of alkyl halides is 2. The summed E-state index contributed by atoms with van der Waals surface area (Å²) in [6.07, 6.45) is -1.74. The van der Waals surface area contributed by atoms with Gasteiger partial charge in [-0.25, -0.2) is 13.6 Å². The Kier molecular flexibility index (Phi) is 3.91. The fourth-order valence-electron chi connectivity index (χ4n) is 1.07. The summed E-state index contributed by atoms with van der Waals surface area (Å²) >= 11 is 1.56. The lowest BCUT2D eigenvalue weighted by atomic mass is 10.1. The minimum absolute atomic E-state index is 0.00875. The Morgan fingerprint density at radius 1 is 1.67 bits per heavy atom. The van der Waals surface area contributed by atoms with Gasteiger partial charge < -0.3 is 10.8 Å². The monoisotopic (exact) mass is 328 g/mol. The number of aromatic carboxylic acids is 1. The van der Waals surface area contributed by atoms with Crippen LogP contribution < -0.4 is 5.73 Å². The SMILES string of the molecule is NCc1ncc(C(=O)O)c(I)c1C(F)F. The summed E-state index contributed by atoms with van der Waals surface area (Å²) in [5.74, 6) is -1.28. The van der Waals surface area contributed by atoms with Gasteiger partial charge in [0.05, 0.1) is 16.8 Å². The molecule has 1 aromatic rings. The first-order chi connectivity index (χ1) is 6.99. The second-order valence-corrected chi connectivity index (χ2v) is 3.73. The highest BCUT2D eigenvalue weighted by molar-refractivity contribution is 14.1. The number of halogens is 3. The molecule has 0 aromatic carbocycles. The van der Waals surface area contributed by atoms with Gasteiger partial charge in [-0.05, 0) is 22.6 Å². The molecule has 0 radical (unpaired) electrons. The molecule has 7 heteroatoms. The second kappa shape index (κ2) is 4.79. The van der Waals surface area contributed by atoms with E-state index < -0.39 is 18.0 Å². The van der Waals surface area contributed by atoms with Crippen molar-refractivity contribution >= 4 is 28.6 Å². The van der Waals surface area contributed by atoms with E-state index in [-0.39, 0.29) is 21.4 Å². The molecule has 1 heterocycles. The second-order valence-electron chi connectivity index (χ2n) is 2.66. The largest absolute Gasteiger partial charge is 0.478 e. The fourth-order valence-corrected chi connectivity index (χ4v) is 1.99. The molecule has 3 N–H and O–H groups in total. The molecule has 82 valence electrons. The van der Waals surface area contributed by atoms with E-state index in [2.05, 4.69) is 4.98 Å². The van der Waals surface area contributed by atoms with Crippen molar-refractivity contribution in [1.82, 2.24) is 4.98 Å². The summed E-state index contributed by atoms with van der Waals surface area (Å²) in [5.41, 5.74) is 4.64. The first-order valence-electron chi connectivity index (χ1n) is 3.87. The van der Waals surface area contributed by atoms with Gasteiger partial charge in [0, 0.05) is 16.3 Å². The van der Waals surface area contributed by atoms with Gasteiger partial charge in [0.25, 0.3) is 6.43 Å². The van der Waals surface area contributed by atoms with Crippen LogP contribution in [-0.4, -0.2) is 16.1 Å². The Hall–Kier alpha value is -0.830. The summed E-state index contributed by atoms with van der Waals surface area (Å²) in [6.45, 7) is -0.143. The molecule has 0 saturated heterocycles. The maximum atomic E-state index is 12.6. The smallest absolute Gasteiger partial charge is 0.338 e. The zero-order chi connectivity index (χ0) is 11.6. The molecule has 0 bridgehead atoms. The van der Waals surface area contributed by atoms with Crippen LogP contribution in [0.1, 0.15) is 28.0 Å². The van der Waals surface area contributed by atoms with Gasteiger partial charge in [0.15, 0.2) is 0 Å². The fraction of sp³-hybridized carbons (Fsp3) is 0.250. The highest BCUT2D eigenvalue weighted by Gasteiger charge is 2.22. The zero-order valence-electron chi connectivity index (χ0n) is 7.38. The summed E-state index contributed by atoms with van der Waals surface area (Å²) in [5, 5.41) is 8.71. The molecule has 0 aliphatic heterocycles. The summed E-state index contributed by atoms with van der Waals surface area (Å²) in [4.78, 5) is 14.3. The Morgan fingerprint density at radius 3 is 2.67 bits per heavy atom. The number of carbonyl (C=O) groups is 1. The van der Waals surface area contributed by atoms with Crippen molar-refractivity contribution in [2.75, 3.05) is 0 Å². The van der Waals surface area contributed by atoms with Crippen molar-refractivity contribution in [2.24, 2.45) is 5.73 Å². The van der Waals surface area contributed by atoms with E-state index in [9.17, 15) is 13.6 Å². The molecule has 0 fully saturated rings. The van der Waals surface area contributed by atoms with Gasteiger partial charge in [-0.2, -0.15) is 0 Å². The van der Waals surface area contributed by atoms with Crippen LogP contribution in [-0.2, 0) is 6.54 Å². The normalized spacial score (nSPS) is 10.7. The van der Waals surface area contributed by atoms with E-state index in [1.807, 2.05) is 0 Å². The van der Waals surface area contributed by atoms with Crippen LogP contribution in [0.3, 0.4) is 0 Å². The molecule has 0 aliphatic rings. The maximum Gasteiger partial charge on any atom is 0.338 e. The van der Waals surface area contributed by atoms with Crippen molar-refractivity contribution in [3.05, 3.63) is 26.6 Å². The van der Waals surface area contributed by atoms with Crippen molar-refractivity contribution in [3.63, 3.8) is 0 Å². The third-order valence-corrected chi connectivity index (χ3v) is 2.94. The standard InChI is InChI=1S/C8H7F2IN2O2/c9-7(10)5-4(1-12)13-2-3(6(5)11)8(14)15/h2,7H,1,12H2,(H,14,15). The van der Waals surface area contributed by atoms with E-state index in [1.165, 1.54) is 0 Å². The number of hydrogen-bond donors (Lipinski definition) is 2. The van der Waals surface area contributed by atoms with Crippen LogP contribution in [0.15, 0.2) is 6.20 Å². The van der Waals surface area contributed by atoms with Crippen LogP contribution in [0.4, 0.5) is 8.78 Å². The van der Waals surface area contributed by atoms with Crippen molar-refractivity contribution in [1.29, 1.82) is 0 Å². The minimum Gasteiger partial charge on any atom is -0.478 e. The molecule has 1 aromatic heterocycles. The zero-order valence-corrected chi connectivity index (χ0v) is 9.53. The van der Waals surface area contributed by atoms with E-state index in [0.717, 1.165) is 6.20 Å². The average molecular weight is 328 g/mol. The lowest BCUT2D eigenvalue weighted by Gasteiger charge is -2.10. The third kappa shape index (κ3) is 2.40. The van der Waals surface area contributed by atoms with E-state index in [0.29, 0.717) is 0 Å². The van der Waals surface area contributed by atoms with Gasteiger partial charge in [-0.15, -0.1) is 0 Å². The Bertz CT molecular complexity index is 398. The van der Waals surface area contributed by atoms with Crippen molar-refractivity contribution in [3.8, 4) is 0 Å². The molecule has 0 amide bonds. The third-order valence-electron chi connectivity index (χ3n) is 1.78. The topological polar surface area (TPSA) is 76.2 Å².